The third-order valence-electron chi connectivity index (χ3n) is 7.63. The van der Waals surface area contributed by atoms with E-state index in [-0.39, 0.29) is 16.8 Å². The highest BCUT2D eigenvalue weighted by atomic mass is 32.2. The summed E-state index contributed by atoms with van der Waals surface area (Å²) in [7, 11) is -3.36. The van der Waals surface area contributed by atoms with Crippen molar-refractivity contribution in [3.63, 3.8) is 0 Å². The minimum atomic E-state index is -3.36. The number of morpholine rings is 1. The summed E-state index contributed by atoms with van der Waals surface area (Å²) < 4.78 is 31.4. The molecule has 10 nitrogen and oxygen atoms in total. The third-order valence-corrected chi connectivity index (χ3v) is 8.76. The maximum atomic E-state index is 13.8. The largest absolute Gasteiger partial charge is 0.377 e. The van der Waals surface area contributed by atoms with Gasteiger partial charge in [-0.05, 0) is 57.2 Å². The van der Waals surface area contributed by atoms with Gasteiger partial charge in [0.2, 0.25) is 5.95 Å². The molecule has 11 heteroatoms. The molecule has 6 rings (SSSR count). The van der Waals surface area contributed by atoms with E-state index in [1.165, 1.54) is 12.1 Å². The van der Waals surface area contributed by atoms with Crippen LogP contribution in [0, 0.1) is 0 Å². The Morgan fingerprint density at radius 2 is 1.82 bits per heavy atom. The van der Waals surface area contributed by atoms with Crippen molar-refractivity contribution < 1.29 is 17.9 Å². The average molecular weight is 547 g/mol. The molecule has 0 radical (unpaired) electrons. The zero-order valence-corrected chi connectivity index (χ0v) is 23.1. The van der Waals surface area contributed by atoms with Crippen LogP contribution in [0.3, 0.4) is 0 Å². The summed E-state index contributed by atoms with van der Waals surface area (Å²) >= 11 is 0. The Morgan fingerprint density at radius 3 is 2.54 bits per heavy atom. The van der Waals surface area contributed by atoms with Crippen LogP contribution >= 0.6 is 0 Å². The highest BCUT2D eigenvalue weighted by Gasteiger charge is 2.45. The molecule has 0 unspecified atom stereocenters. The van der Waals surface area contributed by atoms with Crippen molar-refractivity contribution in [3.8, 4) is 5.95 Å². The first kappa shape index (κ1) is 25.4. The van der Waals surface area contributed by atoms with Gasteiger partial charge in [0.25, 0.3) is 5.91 Å². The van der Waals surface area contributed by atoms with Crippen molar-refractivity contribution in [2.45, 2.75) is 43.8 Å². The molecule has 0 bridgehead atoms. The molecule has 1 amide bonds. The van der Waals surface area contributed by atoms with Crippen LogP contribution in [0.1, 0.15) is 42.4 Å². The van der Waals surface area contributed by atoms with Crippen LogP contribution in [0.25, 0.3) is 17.0 Å². The zero-order valence-electron chi connectivity index (χ0n) is 22.3. The molecule has 2 aromatic heterocycles. The van der Waals surface area contributed by atoms with Gasteiger partial charge in [-0.15, -0.1) is 0 Å². The standard InChI is InChI=1S/C28H30N6O4S/c1-18-16-38-14-13-32(18)25-21-15-34(26(35)19-9-11-20(12-10-19)39(4,36)37)28(2,3)24(21)30-27(31-25)33-17-29-22-7-5-6-8-23(22)33/h5-12,17-18H,13-16H2,1-4H3/t18-/m1/s1. The van der Waals surface area contributed by atoms with Gasteiger partial charge in [-0.3, -0.25) is 9.36 Å². The molecule has 2 aliphatic rings. The minimum Gasteiger partial charge on any atom is -0.377 e. The first-order valence-corrected chi connectivity index (χ1v) is 14.7. The number of aromatic nitrogens is 4. The molecule has 1 fully saturated rings. The minimum absolute atomic E-state index is 0.0986. The van der Waals surface area contributed by atoms with Gasteiger partial charge in [-0.25, -0.2) is 18.4 Å². The molecule has 39 heavy (non-hydrogen) atoms. The fourth-order valence-corrected chi connectivity index (χ4v) is 6.06. The van der Waals surface area contributed by atoms with E-state index in [9.17, 15) is 13.2 Å². The predicted octanol–water partition coefficient (Wildman–Crippen LogP) is 3.34. The number of fused-ring (bicyclic) bond motifs is 2. The molecular weight excluding hydrogens is 516 g/mol. The molecule has 0 spiro atoms. The lowest BCUT2D eigenvalue weighted by Gasteiger charge is -2.35. The van der Waals surface area contributed by atoms with Crippen LogP contribution in [0.15, 0.2) is 59.8 Å². The Hall–Kier alpha value is -3.83. The number of rotatable bonds is 4. The fraction of sp³-hybridized carbons (Fsp3) is 0.357. The number of ether oxygens (including phenoxy) is 1. The molecule has 4 heterocycles. The van der Waals surface area contributed by atoms with E-state index >= 15 is 0 Å². The van der Waals surface area contributed by atoms with Crippen LogP contribution in [0.2, 0.25) is 0 Å². The molecule has 0 aliphatic carbocycles. The lowest BCUT2D eigenvalue weighted by atomic mass is 9.98. The smallest absolute Gasteiger partial charge is 0.254 e. The van der Waals surface area contributed by atoms with Gasteiger partial charge in [0.1, 0.15) is 12.1 Å². The Labute approximate surface area is 227 Å². The second-order valence-electron chi connectivity index (χ2n) is 10.6. The Morgan fingerprint density at radius 1 is 1.08 bits per heavy atom. The first-order chi connectivity index (χ1) is 18.6. The zero-order chi connectivity index (χ0) is 27.5. The molecule has 1 atom stereocenters. The topological polar surface area (TPSA) is 111 Å². The summed E-state index contributed by atoms with van der Waals surface area (Å²) in [6.45, 7) is 8.25. The number of imidazole rings is 1. The third kappa shape index (κ3) is 4.25. The molecule has 1 saturated heterocycles. The van der Waals surface area contributed by atoms with Gasteiger partial charge in [0.05, 0.1) is 53.0 Å². The molecular formula is C28H30N6O4S. The van der Waals surface area contributed by atoms with E-state index in [1.54, 1.807) is 23.4 Å². The molecule has 2 aromatic carbocycles. The molecule has 2 aliphatic heterocycles. The number of benzene rings is 2. The first-order valence-electron chi connectivity index (χ1n) is 12.9. The number of sulfone groups is 1. The van der Waals surface area contributed by atoms with Gasteiger partial charge >= 0.3 is 0 Å². The average Bonchev–Trinajstić information content (AvgIpc) is 3.46. The van der Waals surface area contributed by atoms with Crippen molar-refractivity contribution in [3.05, 3.63) is 71.7 Å². The number of carbonyl (C=O) groups is 1. The molecule has 202 valence electrons. The monoisotopic (exact) mass is 546 g/mol. The number of anilines is 1. The summed E-state index contributed by atoms with van der Waals surface area (Å²) in [5.41, 5.74) is 3.09. The van der Waals surface area contributed by atoms with Crippen molar-refractivity contribution in [1.82, 2.24) is 24.4 Å². The number of hydrogen-bond acceptors (Lipinski definition) is 8. The molecule has 0 N–H and O–H groups in total. The molecule has 0 saturated carbocycles. The SMILES string of the molecule is C[C@@H]1COCCN1c1nc(-n2cnc3ccccc32)nc2c1CN(C(=O)c1ccc(S(C)(=O)=O)cc1)C2(C)C. The van der Waals surface area contributed by atoms with Crippen molar-refractivity contribution >= 4 is 32.6 Å². The van der Waals surface area contributed by atoms with Crippen LogP contribution in [0.4, 0.5) is 5.82 Å². The highest BCUT2D eigenvalue weighted by molar-refractivity contribution is 7.90. The van der Waals surface area contributed by atoms with Gasteiger partial charge < -0.3 is 14.5 Å². The van der Waals surface area contributed by atoms with E-state index in [2.05, 4.69) is 16.8 Å². The summed E-state index contributed by atoms with van der Waals surface area (Å²) in [5.74, 6) is 1.09. The van der Waals surface area contributed by atoms with Crippen molar-refractivity contribution in [2.24, 2.45) is 0 Å². The number of hydrogen-bond donors (Lipinski definition) is 0. The summed E-state index contributed by atoms with van der Waals surface area (Å²) in [6, 6.07) is 14.0. The summed E-state index contributed by atoms with van der Waals surface area (Å²) in [4.78, 5) is 32.6. The summed E-state index contributed by atoms with van der Waals surface area (Å²) in [6.07, 6.45) is 2.88. The van der Waals surface area contributed by atoms with Gasteiger partial charge in [-0.2, -0.15) is 4.98 Å². The normalized spacial score (nSPS) is 18.9. The van der Waals surface area contributed by atoms with E-state index in [0.29, 0.717) is 37.8 Å². The summed E-state index contributed by atoms with van der Waals surface area (Å²) in [5, 5.41) is 0. The van der Waals surface area contributed by atoms with Crippen molar-refractivity contribution in [2.75, 3.05) is 30.9 Å². The van der Waals surface area contributed by atoms with Gasteiger partial charge in [0.15, 0.2) is 9.84 Å². The maximum absolute atomic E-state index is 13.8. The van der Waals surface area contributed by atoms with Crippen LogP contribution < -0.4 is 4.90 Å². The predicted molar refractivity (Wildman–Crippen MR) is 147 cm³/mol. The van der Waals surface area contributed by atoms with Crippen LogP contribution in [0.5, 0.6) is 0 Å². The fourth-order valence-electron chi connectivity index (χ4n) is 5.43. The highest BCUT2D eigenvalue weighted by Crippen LogP contribution is 2.43. The van der Waals surface area contributed by atoms with E-state index in [4.69, 9.17) is 14.7 Å². The Balaban J connectivity index is 1.47. The Bertz CT molecular complexity index is 1700. The quantitative estimate of drug-likeness (QED) is 0.383. The second-order valence-corrected chi connectivity index (χ2v) is 12.7. The second kappa shape index (κ2) is 9.13. The number of nitrogens with zero attached hydrogens (tertiary/aromatic N) is 6. The van der Waals surface area contributed by atoms with Crippen molar-refractivity contribution in [1.29, 1.82) is 0 Å². The Kier molecular flexibility index (Phi) is 5.96. The lowest BCUT2D eigenvalue weighted by molar-refractivity contribution is 0.0570. The van der Waals surface area contributed by atoms with E-state index in [0.717, 1.165) is 34.4 Å². The van der Waals surface area contributed by atoms with Gasteiger partial charge in [0, 0.05) is 23.9 Å². The number of carbonyl (C=O) groups excluding carboxylic acids is 1. The lowest BCUT2D eigenvalue weighted by Crippen LogP contribution is -2.44. The number of para-hydroxylation sites is 2. The molecule has 4 aromatic rings. The van der Waals surface area contributed by atoms with Gasteiger partial charge in [-0.1, -0.05) is 12.1 Å². The van der Waals surface area contributed by atoms with E-state index in [1.807, 2.05) is 42.7 Å². The maximum Gasteiger partial charge on any atom is 0.254 e. The number of amides is 1. The van der Waals surface area contributed by atoms with Crippen LogP contribution in [-0.2, 0) is 26.7 Å². The van der Waals surface area contributed by atoms with E-state index < -0.39 is 15.4 Å². The van der Waals surface area contributed by atoms with Crippen LogP contribution in [-0.4, -0.2) is 70.8 Å².